The summed E-state index contributed by atoms with van der Waals surface area (Å²) in [6, 6.07) is 5.28. The molecule has 0 saturated carbocycles. The molecule has 138 valence electrons. The summed E-state index contributed by atoms with van der Waals surface area (Å²) < 4.78 is 5.97. The predicted molar refractivity (Wildman–Crippen MR) is 101 cm³/mol. The van der Waals surface area contributed by atoms with E-state index < -0.39 is 0 Å². The van der Waals surface area contributed by atoms with Gasteiger partial charge in [-0.2, -0.15) is 0 Å². The van der Waals surface area contributed by atoms with Gasteiger partial charge in [-0.15, -0.1) is 0 Å². The maximum absolute atomic E-state index is 12.6. The summed E-state index contributed by atoms with van der Waals surface area (Å²) in [7, 11) is 0. The van der Waals surface area contributed by atoms with E-state index in [1.54, 1.807) is 12.1 Å². The Morgan fingerprint density at radius 3 is 2.92 bits per heavy atom. The molecular weight excluding hydrogens is 359 g/mol. The number of benzene rings is 1. The Bertz CT molecular complexity index is 605. The first-order valence-electron chi connectivity index (χ1n) is 9.13. The number of hydrogen-bond acceptors (Lipinski definition) is 3. The SMILES string of the molecule is CC(CC(=O)N1CCC(Oc2ccc(Cl)c(Cl)c2)C1)C1CCCNC1. The van der Waals surface area contributed by atoms with Crippen LogP contribution >= 0.6 is 23.2 Å². The van der Waals surface area contributed by atoms with E-state index in [4.69, 9.17) is 27.9 Å². The molecule has 2 aliphatic rings. The van der Waals surface area contributed by atoms with E-state index in [0.717, 1.165) is 26.1 Å². The van der Waals surface area contributed by atoms with Crippen LogP contribution in [0.3, 0.4) is 0 Å². The predicted octanol–water partition coefficient (Wildman–Crippen LogP) is 4.00. The quantitative estimate of drug-likeness (QED) is 0.833. The second-order valence-corrected chi connectivity index (χ2v) is 8.05. The molecule has 0 aromatic heterocycles. The summed E-state index contributed by atoms with van der Waals surface area (Å²) in [6.07, 6.45) is 3.95. The first kappa shape index (κ1) is 18.8. The summed E-state index contributed by atoms with van der Waals surface area (Å²) in [4.78, 5) is 14.5. The molecule has 25 heavy (non-hydrogen) atoms. The number of carbonyl (C=O) groups is 1. The molecule has 3 unspecified atom stereocenters. The van der Waals surface area contributed by atoms with Gasteiger partial charge in [-0.3, -0.25) is 4.79 Å². The molecular formula is C19H26Cl2N2O2. The molecule has 0 spiro atoms. The molecule has 2 fully saturated rings. The normalized spacial score (nSPS) is 25.0. The minimum atomic E-state index is 0.0212. The van der Waals surface area contributed by atoms with Crippen LogP contribution in [0.4, 0.5) is 0 Å². The molecule has 2 saturated heterocycles. The summed E-state index contributed by atoms with van der Waals surface area (Å²) in [5.41, 5.74) is 0. The van der Waals surface area contributed by atoms with E-state index in [9.17, 15) is 4.79 Å². The third-order valence-corrected chi connectivity index (χ3v) is 6.07. The van der Waals surface area contributed by atoms with Gasteiger partial charge in [0, 0.05) is 25.5 Å². The highest BCUT2D eigenvalue weighted by atomic mass is 35.5. The van der Waals surface area contributed by atoms with Crippen LogP contribution in [0.15, 0.2) is 18.2 Å². The maximum atomic E-state index is 12.6. The number of piperidine rings is 1. The largest absolute Gasteiger partial charge is 0.488 e. The number of halogens is 2. The first-order valence-corrected chi connectivity index (χ1v) is 9.88. The first-order chi connectivity index (χ1) is 12.0. The average molecular weight is 385 g/mol. The van der Waals surface area contributed by atoms with Crippen LogP contribution in [-0.4, -0.2) is 43.1 Å². The molecule has 3 rings (SSSR count). The van der Waals surface area contributed by atoms with Crippen LogP contribution < -0.4 is 10.1 Å². The van der Waals surface area contributed by atoms with Crippen molar-refractivity contribution in [1.82, 2.24) is 10.2 Å². The van der Waals surface area contributed by atoms with Crippen molar-refractivity contribution in [3.05, 3.63) is 28.2 Å². The molecule has 1 aromatic carbocycles. The van der Waals surface area contributed by atoms with E-state index in [2.05, 4.69) is 12.2 Å². The van der Waals surface area contributed by atoms with Crippen molar-refractivity contribution in [2.45, 2.75) is 38.7 Å². The molecule has 3 atom stereocenters. The monoisotopic (exact) mass is 384 g/mol. The third-order valence-electron chi connectivity index (χ3n) is 5.33. The van der Waals surface area contributed by atoms with Gasteiger partial charge in [-0.1, -0.05) is 30.1 Å². The van der Waals surface area contributed by atoms with Crippen LogP contribution in [0, 0.1) is 11.8 Å². The van der Waals surface area contributed by atoms with Crippen molar-refractivity contribution in [3.8, 4) is 5.75 Å². The van der Waals surface area contributed by atoms with Gasteiger partial charge in [0.15, 0.2) is 0 Å². The minimum Gasteiger partial charge on any atom is -0.488 e. The Morgan fingerprint density at radius 2 is 2.20 bits per heavy atom. The van der Waals surface area contributed by atoms with E-state index in [1.165, 1.54) is 12.8 Å². The number of nitrogens with one attached hydrogen (secondary N) is 1. The van der Waals surface area contributed by atoms with Gasteiger partial charge < -0.3 is 15.0 Å². The van der Waals surface area contributed by atoms with Crippen molar-refractivity contribution in [3.63, 3.8) is 0 Å². The highest BCUT2D eigenvalue weighted by Crippen LogP contribution is 2.29. The highest BCUT2D eigenvalue weighted by molar-refractivity contribution is 6.42. The summed E-state index contributed by atoms with van der Waals surface area (Å²) in [5, 5.41) is 4.44. The van der Waals surface area contributed by atoms with Crippen LogP contribution in [0.1, 0.15) is 32.6 Å². The van der Waals surface area contributed by atoms with Crippen molar-refractivity contribution < 1.29 is 9.53 Å². The molecule has 1 N–H and O–H groups in total. The van der Waals surface area contributed by atoms with Crippen molar-refractivity contribution in [2.75, 3.05) is 26.2 Å². The van der Waals surface area contributed by atoms with E-state index >= 15 is 0 Å². The van der Waals surface area contributed by atoms with Gasteiger partial charge in [0.1, 0.15) is 11.9 Å². The fourth-order valence-electron chi connectivity index (χ4n) is 3.73. The van der Waals surface area contributed by atoms with Gasteiger partial charge in [0.05, 0.1) is 16.6 Å². The molecule has 2 heterocycles. The smallest absolute Gasteiger partial charge is 0.222 e. The van der Waals surface area contributed by atoms with Crippen LogP contribution in [-0.2, 0) is 4.79 Å². The zero-order valence-electron chi connectivity index (χ0n) is 14.6. The molecule has 6 heteroatoms. The standard InChI is InChI=1S/C19H26Cl2N2O2/c1-13(14-3-2-7-22-11-14)9-19(24)23-8-6-16(12-23)25-15-4-5-17(20)18(21)10-15/h4-5,10,13-14,16,22H,2-3,6-9,11-12H2,1H3. The van der Waals surface area contributed by atoms with Crippen LogP contribution in [0.25, 0.3) is 0 Å². The number of nitrogens with zero attached hydrogens (tertiary/aromatic N) is 1. The highest BCUT2D eigenvalue weighted by Gasteiger charge is 2.30. The molecule has 0 bridgehead atoms. The van der Waals surface area contributed by atoms with Gasteiger partial charge in [-0.05, 0) is 49.9 Å². The second-order valence-electron chi connectivity index (χ2n) is 7.23. The van der Waals surface area contributed by atoms with Crippen molar-refractivity contribution >= 4 is 29.1 Å². The van der Waals surface area contributed by atoms with Gasteiger partial charge in [0.2, 0.25) is 5.91 Å². The number of carbonyl (C=O) groups excluding carboxylic acids is 1. The number of ether oxygens (including phenoxy) is 1. The van der Waals surface area contributed by atoms with Crippen LogP contribution in [0.2, 0.25) is 10.0 Å². The lowest BCUT2D eigenvalue weighted by Crippen LogP contribution is -2.37. The number of amides is 1. The van der Waals surface area contributed by atoms with Crippen molar-refractivity contribution in [1.29, 1.82) is 0 Å². The number of hydrogen-bond donors (Lipinski definition) is 1. The van der Waals surface area contributed by atoms with E-state index in [0.29, 0.717) is 40.6 Å². The Balaban J connectivity index is 1.48. The van der Waals surface area contributed by atoms with Gasteiger partial charge in [0.25, 0.3) is 0 Å². The van der Waals surface area contributed by atoms with E-state index in [1.807, 2.05) is 11.0 Å². The fraction of sp³-hybridized carbons (Fsp3) is 0.632. The lowest BCUT2D eigenvalue weighted by molar-refractivity contribution is -0.131. The summed E-state index contributed by atoms with van der Waals surface area (Å²) in [5.74, 6) is 1.99. The lowest BCUT2D eigenvalue weighted by Gasteiger charge is -2.29. The Kier molecular flexibility index (Phi) is 6.48. The average Bonchev–Trinajstić information content (AvgIpc) is 3.07. The molecule has 0 aliphatic carbocycles. The summed E-state index contributed by atoms with van der Waals surface area (Å²) >= 11 is 12.0. The molecule has 1 aromatic rings. The number of likely N-dealkylation sites (tertiary alicyclic amines) is 1. The lowest BCUT2D eigenvalue weighted by atomic mass is 9.85. The van der Waals surface area contributed by atoms with Gasteiger partial charge in [-0.25, -0.2) is 0 Å². The van der Waals surface area contributed by atoms with Crippen LogP contribution in [0.5, 0.6) is 5.75 Å². The zero-order valence-corrected chi connectivity index (χ0v) is 16.2. The maximum Gasteiger partial charge on any atom is 0.222 e. The third kappa shape index (κ3) is 5.02. The van der Waals surface area contributed by atoms with Crippen molar-refractivity contribution in [2.24, 2.45) is 11.8 Å². The fourth-order valence-corrected chi connectivity index (χ4v) is 4.02. The molecule has 4 nitrogen and oxygen atoms in total. The van der Waals surface area contributed by atoms with Gasteiger partial charge >= 0.3 is 0 Å². The second kappa shape index (κ2) is 8.61. The minimum absolute atomic E-state index is 0.0212. The Hall–Kier alpha value is -0.970. The molecule has 1 amide bonds. The molecule has 0 radical (unpaired) electrons. The Morgan fingerprint density at radius 1 is 1.36 bits per heavy atom. The summed E-state index contributed by atoms with van der Waals surface area (Å²) in [6.45, 7) is 5.76. The molecule has 2 aliphatic heterocycles. The Labute approximate surface area is 159 Å². The number of rotatable bonds is 5. The topological polar surface area (TPSA) is 41.6 Å². The zero-order chi connectivity index (χ0) is 17.8. The van der Waals surface area contributed by atoms with E-state index in [-0.39, 0.29) is 12.0 Å².